The maximum atomic E-state index is 6.12. The van der Waals surface area contributed by atoms with Crippen molar-refractivity contribution in [3.05, 3.63) is 48.0 Å². The molecule has 0 amide bonds. The summed E-state index contributed by atoms with van der Waals surface area (Å²) in [5, 5.41) is 0. The molecule has 19 heavy (non-hydrogen) atoms. The van der Waals surface area contributed by atoms with Gasteiger partial charge in [-0.1, -0.05) is 24.3 Å². The molecule has 0 spiro atoms. The minimum absolute atomic E-state index is 0.533. The molecule has 2 aromatic carbocycles. The Morgan fingerprint density at radius 3 is 2.68 bits per heavy atom. The fourth-order valence-corrected chi connectivity index (χ4v) is 2.91. The Morgan fingerprint density at radius 2 is 1.89 bits per heavy atom. The number of imidazole rings is 1. The molecule has 3 rings (SSSR count). The van der Waals surface area contributed by atoms with Gasteiger partial charge in [0.2, 0.25) is 5.95 Å². The Morgan fingerprint density at radius 1 is 1.11 bits per heavy atom. The quantitative estimate of drug-likeness (QED) is 0.722. The normalized spacial score (nSPS) is 11.1. The van der Waals surface area contributed by atoms with Gasteiger partial charge in [0.05, 0.1) is 16.7 Å². The molecular weight excluding hydrogens is 254 g/mol. The van der Waals surface area contributed by atoms with Crippen LogP contribution in [0.2, 0.25) is 0 Å². The molecule has 0 unspecified atom stereocenters. The summed E-state index contributed by atoms with van der Waals surface area (Å²) in [7, 11) is 0. The Labute approximate surface area is 116 Å². The van der Waals surface area contributed by atoms with Crippen molar-refractivity contribution in [3.63, 3.8) is 0 Å². The lowest BCUT2D eigenvalue weighted by molar-refractivity contribution is 1.07. The fraction of sp³-hybridized carbons (Fsp3) is 0.133. The number of hydrogen-bond donors (Lipinski definition) is 1. The predicted octanol–water partition coefficient (Wildman–Crippen LogP) is 3.64. The zero-order chi connectivity index (χ0) is 13.4. The summed E-state index contributed by atoms with van der Waals surface area (Å²) in [6.45, 7) is 2.06. The van der Waals surface area contributed by atoms with Crippen molar-refractivity contribution in [3.8, 4) is 5.69 Å². The minimum Gasteiger partial charge on any atom is -0.369 e. The van der Waals surface area contributed by atoms with Crippen LogP contribution in [0.1, 0.15) is 5.56 Å². The van der Waals surface area contributed by atoms with Crippen LogP contribution in [0, 0.1) is 6.92 Å². The molecule has 0 radical (unpaired) electrons. The second-order valence-electron chi connectivity index (χ2n) is 4.42. The highest BCUT2D eigenvalue weighted by Crippen LogP contribution is 2.30. The van der Waals surface area contributed by atoms with Crippen LogP contribution in [0.4, 0.5) is 5.95 Å². The molecule has 2 N–H and O–H groups in total. The van der Waals surface area contributed by atoms with E-state index in [2.05, 4.69) is 42.4 Å². The van der Waals surface area contributed by atoms with E-state index in [4.69, 9.17) is 5.73 Å². The summed E-state index contributed by atoms with van der Waals surface area (Å²) in [6, 6.07) is 14.4. The number of aryl methyl sites for hydroxylation is 1. The van der Waals surface area contributed by atoms with Gasteiger partial charge < -0.3 is 5.73 Å². The van der Waals surface area contributed by atoms with Gasteiger partial charge in [0.15, 0.2) is 0 Å². The van der Waals surface area contributed by atoms with Crippen molar-refractivity contribution in [1.82, 2.24) is 9.55 Å². The third-order valence-electron chi connectivity index (χ3n) is 3.24. The third-order valence-corrected chi connectivity index (χ3v) is 4.02. The van der Waals surface area contributed by atoms with Gasteiger partial charge in [-0.15, -0.1) is 11.8 Å². The van der Waals surface area contributed by atoms with Gasteiger partial charge in [-0.05, 0) is 36.9 Å². The van der Waals surface area contributed by atoms with Gasteiger partial charge in [-0.2, -0.15) is 0 Å². The summed E-state index contributed by atoms with van der Waals surface area (Å²) in [5.74, 6) is 0.533. The number of fused-ring (bicyclic) bond motifs is 1. The lowest BCUT2D eigenvalue weighted by Gasteiger charge is -2.10. The molecule has 3 nitrogen and oxygen atoms in total. The molecule has 0 atom stereocenters. The number of nitrogens with zero attached hydrogens (tertiary/aromatic N) is 2. The topological polar surface area (TPSA) is 43.8 Å². The highest BCUT2D eigenvalue weighted by molar-refractivity contribution is 7.98. The van der Waals surface area contributed by atoms with E-state index in [0.29, 0.717) is 5.95 Å². The fourth-order valence-electron chi connectivity index (χ4n) is 2.33. The van der Waals surface area contributed by atoms with Crippen LogP contribution in [0.3, 0.4) is 0 Å². The van der Waals surface area contributed by atoms with E-state index in [1.807, 2.05) is 22.8 Å². The van der Waals surface area contributed by atoms with Crippen molar-refractivity contribution in [2.24, 2.45) is 0 Å². The molecule has 0 bridgehead atoms. The van der Waals surface area contributed by atoms with Crippen molar-refractivity contribution in [2.75, 3.05) is 12.0 Å². The molecule has 3 aromatic rings. The van der Waals surface area contributed by atoms with Crippen LogP contribution in [0.5, 0.6) is 0 Å². The number of benzene rings is 2. The molecule has 0 saturated heterocycles. The number of nitrogens with two attached hydrogens (primary N) is 1. The van der Waals surface area contributed by atoms with Gasteiger partial charge in [-0.3, -0.25) is 4.57 Å². The second kappa shape index (κ2) is 4.63. The first-order valence-corrected chi connectivity index (χ1v) is 7.32. The summed E-state index contributed by atoms with van der Waals surface area (Å²) in [5.41, 5.74) is 10.4. The molecule has 0 aliphatic rings. The Hall–Kier alpha value is -1.94. The monoisotopic (exact) mass is 269 g/mol. The average Bonchev–Trinajstić information content (AvgIpc) is 2.76. The van der Waals surface area contributed by atoms with Gasteiger partial charge in [0.1, 0.15) is 0 Å². The standard InChI is InChI=1S/C15H15N3S/c1-10-6-5-8-12-14(10)17-15(16)18(12)11-7-3-4-9-13(11)19-2/h3-9H,1-2H3,(H2,16,17). The average molecular weight is 269 g/mol. The molecule has 4 heteroatoms. The summed E-state index contributed by atoms with van der Waals surface area (Å²) in [6.07, 6.45) is 2.07. The largest absolute Gasteiger partial charge is 0.369 e. The summed E-state index contributed by atoms with van der Waals surface area (Å²) >= 11 is 1.71. The molecule has 0 saturated carbocycles. The van der Waals surface area contributed by atoms with E-state index in [1.165, 1.54) is 4.90 Å². The molecule has 0 aliphatic heterocycles. The number of nitrogen functional groups attached to an aromatic ring is 1. The predicted molar refractivity (Wildman–Crippen MR) is 82.0 cm³/mol. The van der Waals surface area contributed by atoms with Crippen LogP contribution in [0.15, 0.2) is 47.4 Å². The number of rotatable bonds is 2. The first-order valence-electron chi connectivity index (χ1n) is 6.09. The highest BCUT2D eigenvalue weighted by atomic mass is 32.2. The van der Waals surface area contributed by atoms with E-state index in [1.54, 1.807) is 11.8 Å². The SMILES string of the molecule is CSc1ccccc1-n1c(N)nc2c(C)cccc21. The molecule has 0 fully saturated rings. The zero-order valence-electron chi connectivity index (χ0n) is 10.9. The van der Waals surface area contributed by atoms with Crippen molar-refractivity contribution in [2.45, 2.75) is 11.8 Å². The number of hydrogen-bond acceptors (Lipinski definition) is 3. The number of thioether (sulfide) groups is 1. The summed E-state index contributed by atoms with van der Waals surface area (Å²) < 4.78 is 2.02. The van der Waals surface area contributed by atoms with E-state index in [9.17, 15) is 0 Å². The Balaban J connectivity index is 2.37. The lowest BCUT2D eigenvalue weighted by atomic mass is 10.2. The van der Waals surface area contributed by atoms with Crippen molar-refractivity contribution >= 4 is 28.7 Å². The molecule has 1 aromatic heterocycles. The van der Waals surface area contributed by atoms with Gasteiger partial charge >= 0.3 is 0 Å². The lowest BCUT2D eigenvalue weighted by Crippen LogP contribution is -2.01. The maximum Gasteiger partial charge on any atom is 0.205 e. The molecule has 1 heterocycles. The van der Waals surface area contributed by atoms with Gasteiger partial charge in [0.25, 0.3) is 0 Å². The maximum absolute atomic E-state index is 6.12. The van der Waals surface area contributed by atoms with Crippen LogP contribution in [-0.2, 0) is 0 Å². The number of aromatic nitrogens is 2. The minimum atomic E-state index is 0.533. The van der Waals surface area contributed by atoms with E-state index in [-0.39, 0.29) is 0 Å². The third kappa shape index (κ3) is 1.88. The Kier molecular flexibility index (Phi) is 2.95. The van der Waals surface area contributed by atoms with Gasteiger partial charge in [-0.25, -0.2) is 4.98 Å². The van der Waals surface area contributed by atoms with E-state index < -0.39 is 0 Å². The van der Waals surface area contributed by atoms with Crippen LogP contribution < -0.4 is 5.73 Å². The molecular formula is C15H15N3S. The first-order chi connectivity index (χ1) is 9.22. The number of para-hydroxylation sites is 2. The van der Waals surface area contributed by atoms with Crippen LogP contribution in [0.25, 0.3) is 16.7 Å². The Bertz CT molecular complexity index is 746. The zero-order valence-corrected chi connectivity index (χ0v) is 11.7. The summed E-state index contributed by atoms with van der Waals surface area (Å²) in [4.78, 5) is 5.69. The highest BCUT2D eigenvalue weighted by Gasteiger charge is 2.13. The van der Waals surface area contributed by atoms with E-state index in [0.717, 1.165) is 22.3 Å². The van der Waals surface area contributed by atoms with Crippen LogP contribution >= 0.6 is 11.8 Å². The molecule has 96 valence electrons. The number of anilines is 1. The second-order valence-corrected chi connectivity index (χ2v) is 5.27. The van der Waals surface area contributed by atoms with Crippen molar-refractivity contribution < 1.29 is 0 Å². The van der Waals surface area contributed by atoms with Crippen molar-refractivity contribution in [1.29, 1.82) is 0 Å². The van der Waals surface area contributed by atoms with E-state index >= 15 is 0 Å². The van der Waals surface area contributed by atoms with Crippen LogP contribution in [-0.4, -0.2) is 15.8 Å². The smallest absolute Gasteiger partial charge is 0.205 e. The van der Waals surface area contributed by atoms with Gasteiger partial charge in [0, 0.05) is 4.90 Å². The first kappa shape index (κ1) is 12.1. The molecule has 0 aliphatic carbocycles.